The van der Waals surface area contributed by atoms with Gasteiger partial charge in [-0.25, -0.2) is 0 Å². The molecule has 1 aromatic rings. The first-order chi connectivity index (χ1) is 10.1. The average molecular weight is 292 g/mol. The van der Waals surface area contributed by atoms with E-state index in [4.69, 9.17) is 4.74 Å². The summed E-state index contributed by atoms with van der Waals surface area (Å²) >= 11 is 0. The van der Waals surface area contributed by atoms with Crippen LogP contribution in [0.5, 0.6) is 0 Å². The summed E-state index contributed by atoms with van der Waals surface area (Å²) in [6.07, 6.45) is 3.34. The van der Waals surface area contributed by atoms with E-state index >= 15 is 0 Å². The third-order valence-corrected chi connectivity index (χ3v) is 4.49. The minimum absolute atomic E-state index is 0.296. The molecule has 0 aromatic heterocycles. The fourth-order valence-corrected chi connectivity index (χ4v) is 2.78. The molecule has 0 radical (unpaired) electrons. The fourth-order valence-electron chi connectivity index (χ4n) is 2.78. The van der Waals surface area contributed by atoms with Crippen molar-refractivity contribution >= 4 is 0 Å². The quantitative estimate of drug-likeness (QED) is 0.726. The Morgan fingerprint density at radius 2 is 2.00 bits per heavy atom. The molecule has 1 atom stereocenters. The van der Waals surface area contributed by atoms with Crippen molar-refractivity contribution in [3.05, 3.63) is 35.9 Å². The zero-order chi connectivity index (χ0) is 15.1. The molecule has 0 heterocycles. The molecule has 0 spiro atoms. The third kappa shape index (κ3) is 4.78. The van der Waals surface area contributed by atoms with Crippen LogP contribution in [0.15, 0.2) is 30.3 Å². The van der Waals surface area contributed by atoms with E-state index in [2.05, 4.69) is 24.3 Å². The van der Waals surface area contributed by atoms with Crippen molar-refractivity contribution in [3.63, 3.8) is 0 Å². The molecule has 4 nitrogen and oxygen atoms in total. The zero-order valence-corrected chi connectivity index (χ0v) is 13.2. The predicted octanol–water partition coefficient (Wildman–Crippen LogP) is 1.64. The number of likely N-dealkylation sites (N-methyl/N-ethyl adjacent to an activating group) is 1. The Bertz CT molecular complexity index is 405. The maximum absolute atomic E-state index is 9.95. The Balaban J connectivity index is 1.58. The van der Waals surface area contributed by atoms with Crippen molar-refractivity contribution in [1.29, 1.82) is 0 Å². The number of hydrogen-bond acceptors (Lipinski definition) is 4. The van der Waals surface area contributed by atoms with Crippen LogP contribution in [0.25, 0.3) is 0 Å². The smallest absolute Gasteiger partial charge is 0.0897 e. The first-order valence-corrected chi connectivity index (χ1v) is 7.80. The molecule has 1 fully saturated rings. The Kier molecular flexibility index (Phi) is 6.18. The number of nitrogens with one attached hydrogen (secondary N) is 1. The van der Waals surface area contributed by atoms with E-state index in [-0.39, 0.29) is 0 Å². The van der Waals surface area contributed by atoms with E-state index in [1.165, 1.54) is 19.3 Å². The van der Waals surface area contributed by atoms with Crippen LogP contribution in [0.2, 0.25) is 0 Å². The lowest BCUT2D eigenvalue weighted by atomic mass is 9.75. The minimum atomic E-state index is -0.451. The van der Waals surface area contributed by atoms with Gasteiger partial charge in [-0.1, -0.05) is 30.3 Å². The topological polar surface area (TPSA) is 44.7 Å². The lowest BCUT2D eigenvalue weighted by Gasteiger charge is -2.47. The second-order valence-corrected chi connectivity index (χ2v) is 6.26. The molecule has 1 aromatic carbocycles. The second-order valence-electron chi connectivity index (χ2n) is 6.26. The van der Waals surface area contributed by atoms with Gasteiger partial charge in [0.1, 0.15) is 0 Å². The van der Waals surface area contributed by atoms with E-state index in [1.54, 1.807) is 0 Å². The lowest BCUT2D eigenvalue weighted by molar-refractivity contribution is 0.0209. The van der Waals surface area contributed by atoms with Crippen LogP contribution in [-0.4, -0.2) is 55.4 Å². The molecular weight excluding hydrogens is 264 g/mol. The number of ether oxygens (including phenoxy) is 1. The van der Waals surface area contributed by atoms with Crippen LogP contribution in [0, 0.1) is 0 Å². The molecule has 1 unspecified atom stereocenters. The monoisotopic (exact) mass is 292 g/mol. The normalized spacial score (nSPS) is 18.5. The van der Waals surface area contributed by atoms with Crippen LogP contribution in [0.3, 0.4) is 0 Å². The Hall–Kier alpha value is -0.940. The number of hydrogen-bond donors (Lipinski definition) is 2. The van der Waals surface area contributed by atoms with Gasteiger partial charge in [0.05, 0.1) is 19.3 Å². The minimum Gasteiger partial charge on any atom is -0.389 e. The first-order valence-electron chi connectivity index (χ1n) is 7.80. The molecule has 2 N–H and O–H groups in total. The maximum atomic E-state index is 9.95. The van der Waals surface area contributed by atoms with E-state index in [0.717, 1.165) is 12.1 Å². The molecule has 1 aliphatic carbocycles. The number of aliphatic hydroxyl groups excluding tert-OH is 1. The molecular formula is C17H28N2O2. The van der Waals surface area contributed by atoms with Crippen molar-refractivity contribution < 1.29 is 9.84 Å². The van der Waals surface area contributed by atoms with Crippen molar-refractivity contribution in [2.75, 3.05) is 33.8 Å². The largest absolute Gasteiger partial charge is 0.389 e. The fraction of sp³-hybridized carbons (Fsp3) is 0.647. The van der Waals surface area contributed by atoms with E-state index in [9.17, 15) is 5.11 Å². The van der Waals surface area contributed by atoms with E-state index in [1.807, 2.05) is 30.3 Å². The highest BCUT2D eigenvalue weighted by atomic mass is 16.5. The molecule has 1 aliphatic rings. The zero-order valence-electron chi connectivity index (χ0n) is 13.2. The van der Waals surface area contributed by atoms with Gasteiger partial charge in [0, 0.05) is 18.6 Å². The summed E-state index contributed by atoms with van der Waals surface area (Å²) in [6, 6.07) is 10.0. The van der Waals surface area contributed by atoms with Crippen molar-refractivity contribution in [1.82, 2.24) is 10.2 Å². The van der Waals surface area contributed by atoms with E-state index < -0.39 is 6.10 Å². The summed E-state index contributed by atoms with van der Waals surface area (Å²) in [7, 11) is 4.28. The summed E-state index contributed by atoms with van der Waals surface area (Å²) in [4.78, 5) is 2.31. The van der Waals surface area contributed by atoms with Crippen LogP contribution in [0.1, 0.15) is 24.8 Å². The van der Waals surface area contributed by atoms with Gasteiger partial charge < -0.3 is 20.1 Å². The SMILES string of the molecule is CN(C)C1(CNCC(O)COCc2ccccc2)CCC1. The lowest BCUT2D eigenvalue weighted by Crippen LogP contribution is -2.57. The van der Waals surface area contributed by atoms with Crippen LogP contribution >= 0.6 is 0 Å². The highest BCUT2D eigenvalue weighted by molar-refractivity contribution is 5.13. The Morgan fingerprint density at radius 1 is 1.29 bits per heavy atom. The molecule has 4 heteroatoms. The van der Waals surface area contributed by atoms with Gasteiger partial charge in [-0.15, -0.1) is 0 Å². The highest BCUT2D eigenvalue weighted by Gasteiger charge is 2.38. The first kappa shape index (κ1) is 16.4. The standard InChI is InChI=1S/C17H28N2O2/c1-19(2)17(9-6-10-17)14-18-11-16(20)13-21-12-15-7-4-3-5-8-15/h3-5,7-8,16,18,20H,6,9-14H2,1-2H3. The van der Waals surface area contributed by atoms with Crippen molar-refractivity contribution in [2.24, 2.45) is 0 Å². The van der Waals surface area contributed by atoms with Crippen LogP contribution < -0.4 is 5.32 Å². The van der Waals surface area contributed by atoms with Crippen LogP contribution in [-0.2, 0) is 11.3 Å². The average Bonchev–Trinajstić information content (AvgIpc) is 2.42. The summed E-state index contributed by atoms with van der Waals surface area (Å²) in [5, 5.41) is 13.3. The van der Waals surface area contributed by atoms with Gasteiger partial charge in [-0.2, -0.15) is 0 Å². The highest BCUT2D eigenvalue weighted by Crippen LogP contribution is 2.35. The molecule has 0 bridgehead atoms. The second kappa shape index (κ2) is 7.90. The van der Waals surface area contributed by atoms with Crippen molar-refractivity contribution in [3.8, 4) is 0 Å². The number of benzene rings is 1. The van der Waals surface area contributed by atoms with E-state index in [0.29, 0.717) is 25.3 Å². The van der Waals surface area contributed by atoms with Gasteiger partial charge in [0.25, 0.3) is 0 Å². The summed E-state index contributed by atoms with van der Waals surface area (Å²) in [5.41, 5.74) is 1.43. The summed E-state index contributed by atoms with van der Waals surface area (Å²) in [6.45, 7) is 2.45. The predicted molar refractivity (Wildman–Crippen MR) is 85.2 cm³/mol. The van der Waals surface area contributed by atoms with Gasteiger partial charge in [-0.3, -0.25) is 0 Å². The maximum Gasteiger partial charge on any atom is 0.0897 e. The number of nitrogens with zero attached hydrogens (tertiary/aromatic N) is 1. The molecule has 118 valence electrons. The molecule has 0 aliphatic heterocycles. The third-order valence-electron chi connectivity index (χ3n) is 4.49. The van der Waals surface area contributed by atoms with Crippen molar-refractivity contribution in [2.45, 2.75) is 37.5 Å². The number of rotatable bonds is 9. The van der Waals surface area contributed by atoms with Gasteiger partial charge >= 0.3 is 0 Å². The van der Waals surface area contributed by atoms with Gasteiger partial charge in [-0.05, 0) is 38.9 Å². The van der Waals surface area contributed by atoms with Gasteiger partial charge in [0.2, 0.25) is 0 Å². The van der Waals surface area contributed by atoms with Gasteiger partial charge in [0.15, 0.2) is 0 Å². The Labute approximate surface area is 128 Å². The molecule has 2 rings (SSSR count). The molecule has 1 saturated carbocycles. The molecule has 0 saturated heterocycles. The molecule has 21 heavy (non-hydrogen) atoms. The number of aliphatic hydroxyl groups is 1. The summed E-state index contributed by atoms with van der Waals surface area (Å²) < 4.78 is 5.55. The van der Waals surface area contributed by atoms with Crippen LogP contribution in [0.4, 0.5) is 0 Å². The molecule has 0 amide bonds. The Morgan fingerprint density at radius 3 is 2.57 bits per heavy atom. The summed E-state index contributed by atoms with van der Waals surface area (Å²) in [5.74, 6) is 0.